The summed E-state index contributed by atoms with van der Waals surface area (Å²) < 4.78 is 4.99. The first-order valence-corrected chi connectivity index (χ1v) is 6.60. The minimum absolute atomic E-state index is 0.429. The molecule has 1 aromatic heterocycles. The van der Waals surface area contributed by atoms with Gasteiger partial charge in [-0.3, -0.25) is 0 Å². The molecule has 0 amide bonds. The lowest BCUT2D eigenvalue weighted by atomic mass is 10.1. The molecule has 0 saturated carbocycles. The van der Waals surface area contributed by atoms with Crippen LogP contribution in [0.1, 0.15) is 22.8 Å². The first-order valence-electron chi connectivity index (χ1n) is 6.60. The zero-order valence-corrected chi connectivity index (χ0v) is 11.8. The molecule has 2 rings (SSSR count). The van der Waals surface area contributed by atoms with Crippen molar-refractivity contribution in [2.45, 2.75) is 12.6 Å². The third kappa shape index (κ3) is 4.28. The zero-order chi connectivity index (χ0) is 15.1. The van der Waals surface area contributed by atoms with Crippen LogP contribution in [0.3, 0.4) is 0 Å². The van der Waals surface area contributed by atoms with E-state index in [-0.39, 0.29) is 0 Å². The number of aliphatic hydroxyl groups excluding tert-OH is 1. The van der Waals surface area contributed by atoms with E-state index in [2.05, 4.69) is 16.4 Å². The fourth-order valence-electron chi connectivity index (χ4n) is 1.89. The molecule has 21 heavy (non-hydrogen) atoms. The van der Waals surface area contributed by atoms with Gasteiger partial charge in [-0.25, -0.2) is 4.98 Å². The Hall–Kier alpha value is -2.42. The van der Waals surface area contributed by atoms with E-state index >= 15 is 0 Å². The fourth-order valence-corrected chi connectivity index (χ4v) is 1.89. The van der Waals surface area contributed by atoms with Gasteiger partial charge in [0.25, 0.3) is 0 Å². The normalized spacial score (nSPS) is 11.7. The molecule has 0 aliphatic carbocycles. The van der Waals surface area contributed by atoms with E-state index in [1.165, 1.54) is 0 Å². The molecule has 0 spiro atoms. The highest BCUT2D eigenvalue weighted by atomic mass is 16.5. The number of nitriles is 1. The number of aliphatic hydroxyl groups is 1. The third-order valence-corrected chi connectivity index (χ3v) is 3.10. The predicted molar refractivity (Wildman–Crippen MR) is 78.6 cm³/mol. The van der Waals surface area contributed by atoms with Crippen molar-refractivity contribution in [1.82, 2.24) is 10.3 Å². The van der Waals surface area contributed by atoms with Gasteiger partial charge in [-0.15, -0.1) is 0 Å². The Labute approximate surface area is 123 Å². The highest BCUT2D eigenvalue weighted by Crippen LogP contribution is 2.13. The highest BCUT2D eigenvalue weighted by molar-refractivity contribution is 5.32. The molecule has 108 valence electrons. The second-order valence-corrected chi connectivity index (χ2v) is 4.59. The minimum atomic E-state index is -0.607. The van der Waals surface area contributed by atoms with Gasteiger partial charge in [0.2, 0.25) is 5.88 Å². The van der Waals surface area contributed by atoms with E-state index in [0.29, 0.717) is 24.5 Å². The predicted octanol–water partition coefficient (Wildman–Crippen LogP) is 1.79. The largest absolute Gasteiger partial charge is 0.481 e. The average Bonchev–Trinajstić information content (AvgIpc) is 2.55. The zero-order valence-electron chi connectivity index (χ0n) is 11.8. The van der Waals surface area contributed by atoms with Crippen LogP contribution in [-0.2, 0) is 6.54 Å². The number of hydrogen-bond acceptors (Lipinski definition) is 5. The lowest BCUT2D eigenvalue weighted by Crippen LogP contribution is -2.21. The molecule has 1 aromatic carbocycles. The number of aromatic nitrogens is 1. The van der Waals surface area contributed by atoms with Gasteiger partial charge in [0.1, 0.15) is 0 Å². The summed E-state index contributed by atoms with van der Waals surface area (Å²) in [5.41, 5.74) is 2.39. The molecule has 0 fully saturated rings. The molecule has 0 aliphatic rings. The number of hydrogen-bond donors (Lipinski definition) is 2. The Morgan fingerprint density at radius 2 is 2.05 bits per heavy atom. The van der Waals surface area contributed by atoms with E-state index in [1.54, 1.807) is 43.6 Å². The van der Waals surface area contributed by atoms with E-state index in [9.17, 15) is 5.11 Å². The average molecular weight is 283 g/mol. The summed E-state index contributed by atoms with van der Waals surface area (Å²) in [4.78, 5) is 4.12. The lowest BCUT2D eigenvalue weighted by Gasteiger charge is -2.12. The summed E-state index contributed by atoms with van der Waals surface area (Å²) >= 11 is 0. The molecular weight excluding hydrogens is 266 g/mol. The number of pyridine rings is 1. The Bertz CT molecular complexity index is 603. The van der Waals surface area contributed by atoms with Crippen LogP contribution >= 0.6 is 0 Å². The SMILES string of the molecule is COc1ccc(CNCC(O)c2ccc(C#N)cc2)cn1. The summed E-state index contributed by atoms with van der Waals surface area (Å²) in [6.45, 7) is 1.04. The maximum atomic E-state index is 10.1. The molecule has 0 radical (unpaired) electrons. The first-order chi connectivity index (χ1) is 10.2. The van der Waals surface area contributed by atoms with Crippen molar-refractivity contribution in [2.75, 3.05) is 13.7 Å². The molecule has 1 atom stereocenters. The molecule has 1 heterocycles. The highest BCUT2D eigenvalue weighted by Gasteiger charge is 2.07. The van der Waals surface area contributed by atoms with Crippen molar-refractivity contribution >= 4 is 0 Å². The van der Waals surface area contributed by atoms with Crippen LogP contribution in [0.25, 0.3) is 0 Å². The van der Waals surface area contributed by atoms with E-state index < -0.39 is 6.10 Å². The van der Waals surface area contributed by atoms with Crippen LogP contribution in [0.2, 0.25) is 0 Å². The van der Waals surface area contributed by atoms with Gasteiger partial charge < -0.3 is 15.2 Å². The molecule has 2 N–H and O–H groups in total. The van der Waals surface area contributed by atoms with Crippen molar-refractivity contribution in [2.24, 2.45) is 0 Å². The second-order valence-electron chi connectivity index (χ2n) is 4.59. The van der Waals surface area contributed by atoms with E-state index in [0.717, 1.165) is 11.1 Å². The van der Waals surface area contributed by atoms with Crippen LogP contribution in [-0.4, -0.2) is 23.7 Å². The lowest BCUT2D eigenvalue weighted by molar-refractivity contribution is 0.174. The van der Waals surface area contributed by atoms with Crippen LogP contribution in [0.15, 0.2) is 42.6 Å². The Balaban J connectivity index is 1.82. The van der Waals surface area contributed by atoms with Gasteiger partial charge in [0.15, 0.2) is 0 Å². The van der Waals surface area contributed by atoms with Gasteiger partial charge in [-0.2, -0.15) is 5.26 Å². The Morgan fingerprint density at radius 3 is 2.62 bits per heavy atom. The molecule has 0 aliphatic heterocycles. The number of benzene rings is 1. The Kier molecular flexibility index (Phi) is 5.27. The van der Waals surface area contributed by atoms with Crippen molar-refractivity contribution in [3.05, 3.63) is 59.3 Å². The summed E-state index contributed by atoms with van der Waals surface area (Å²) in [5, 5.41) is 22.0. The minimum Gasteiger partial charge on any atom is -0.481 e. The van der Waals surface area contributed by atoms with E-state index in [1.807, 2.05) is 6.07 Å². The summed E-state index contributed by atoms with van der Waals surface area (Å²) in [6.07, 6.45) is 1.13. The molecule has 5 heteroatoms. The standard InChI is InChI=1S/C16H17N3O2/c1-21-16-7-4-13(10-19-16)9-18-11-15(20)14-5-2-12(8-17)3-6-14/h2-7,10,15,18,20H,9,11H2,1H3. The van der Waals surface area contributed by atoms with Gasteiger partial charge >= 0.3 is 0 Å². The molecule has 2 aromatic rings. The van der Waals surface area contributed by atoms with Crippen LogP contribution < -0.4 is 10.1 Å². The van der Waals surface area contributed by atoms with Crippen molar-refractivity contribution in [3.63, 3.8) is 0 Å². The third-order valence-electron chi connectivity index (χ3n) is 3.10. The maximum Gasteiger partial charge on any atom is 0.212 e. The molecule has 1 unspecified atom stereocenters. The first kappa shape index (κ1) is 15.0. The number of ether oxygens (including phenoxy) is 1. The van der Waals surface area contributed by atoms with Crippen molar-refractivity contribution in [3.8, 4) is 11.9 Å². The molecule has 5 nitrogen and oxygen atoms in total. The molecular formula is C16H17N3O2. The number of nitrogens with one attached hydrogen (secondary N) is 1. The smallest absolute Gasteiger partial charge is 0.212 e. The van der Waals surface area contributed by atoms with Crippen molar-refractivity contribution < 1.29 is 9.84 Å². The second kappa shape index (κ2) is 7.39. The summed E-state index contributed by atoms with van der Waals surface area (Å²) in [6, 6.07) is 12.7. The summed E-state index contributed by atoms with van der Waals surface area (Å²) in [7, 11) is 1.58. The maximum absolute atomic E-state index is 10.1. The van der Waals surface area contributed by atoms with Crippen LogP contribution in [0, 0.1) is 11.3 Å². The quantitative estimate of drug-likeness (QED) is 0.845. The van der Waals surface area contributed by atoms with Crippen molar-refractivity contribution in [1.29, 1.82) is 5.26 Å². The van der Waals surface area contributed by atoms with Gasteiger partial charge in [0.05, 0.1) is 24.8 Å². The topological polar surface area (TPSA) is 78.2 Å². The summed E-state index contributed by atoms with van der Waals surface area (Å²) in [5.74, 6) is 0.580. The Morgan fingerprint density at radius 1 is 1.29 bits per heavy atom. The van der Waals surface area contributed by atoms with Crippen LogP contribution in [0.5, 0.6) is 5.88 Å². The number of rotatable bonds is 6. The van der Waals surface area contributed by atoms with Gasteiger partial charge in [-0.1, -0.05) is 18.2 Å². The molecule has 0 bridgehead atoms. The monoisotopic (exact) mass is 283 g/mol. The number of nitrogens with zero attached hydrogens (tertiary/aromatic N) is 2. The van der Waals surface area contributed by atoms with Crippen LogP contribution in [0.4, 0.5) is 0 Å². The number of methoxy groups -OCH3 is 1. The fraction of sp³-hybridized carbons (Fsp3) is 0.250. The van der Waals surface area contributed by atoms with Gasteiger partial charge in [-0.05, 0) is 23.3 Å². The van der Waals surface area contributed by atoms with E-state index in [4.69, 9.17) is 10.00 Å². The van der Waals surface area contributed by atoms with Gasteiger partial charge in [0, 0.05) is 25.4 Å². The molecule has 0 saturated heterocycles.